The molecule has 0 heterocycles. The molecule has 8 heteroatoms. The topological polar surface area (TPSA) is 67.8 Å². The fraction of sp³-hybridized carbons (Fsp3) is 0.588. The molecule has 2 saturated carbocycles. The Hall–Kier alpha value is -1.96. The van der Waals surface area contributed by atoms with Gasteiger partial charge in [0.2, 0.25) is 5.91 Å². The summed E-state index contributed by atoms with van der Waals surface area (Å²) in [5.41, 5.74) is -0.707. The summed E-state index contributed by atoms with van der Waals surface area (Å²) in [5, 5.41) is 12.5. The highest BCUT2D eigenvalue weighted by Crippen LogP contribution is 2.37. The first-order chi connectivity index (χ1) is 11.7. The number of amides is 1. The van der Waals surface area contributed by atoms with Gasteiger partial charge in [-0.25, -0.2) is 4.39 Å². The summed E-state index contributed by atoms with van der Waals surface area (Å²) in [7, 11) is 0. The first-order valence-electron chi connectivity index (χ1n) is 8.15. The van der Waals surface area contributed by atoms with Gasteiger partial charge in [0.15, 0.2) is 11.5 Å². The lowest BCUT2D eigenvalue weighted by atomic mass is 9.76. The molecule has 0 unspecified atom stereocenters. The van der Waals surface area contributed by atoms with E-state index in [2.05, 4.69) is 10.1 Å². The smallest absolute Gasteiger partial charge is 0.387 e. The van der Waals surface area contributed by atoms with Gasteiger partial charge in [0.25, 0.3) is 0 Å². The summed E-state index contributed by atoms with van der Waals surface area (Å²) in [4.78, 5) is 12.1. The Morgan fingerprint density at radius 3 is 2.60 bits per heavy atom. The highest BCUT2D eigenvalue weighted by Gasteiger charge is 2.42. The van der Waals surface area contributed by atoms with E-state index in [0.29, 0.717) is 25.7 Å². The van der Waals surface area contributed by atoms with Crippen molar-refractivity contribution in [3.8, 4) is 11.5 Å². The average Bonchev–Trinajstić information content (AvgIpc) is 2.42. The first kappa shape index (κ1) is 17.8. The molecule has 0 aromatic heterocycles. The number of rotatable bonds is 6. The number of carbonyl (C=O) groups is 1. The SMILES string of the molecule is CC1(O)CC(NC(=O)[C@H]2C[C@H](Oc3cc(F)ccc3OC(F)F)C2)C1. The Bertz CT molecular complexity index is 639. The highest BCUT2D eigenvalue weighted by molar-refractivity contribution is 5.80. The molecule has 0 bridgehead atoms. The monoisotopic (exact) mass is 359 g/mol. The highest BCUT2D eigenvalue weighted by atomic mass is 19.3. The number of carbonyl (C=O) groups excluding carboxylic acids is 1. The van der Waals surface area contributed by atoms with Gasteiger partial charge in [-0.05, 0) is 44.7 Å². The normalized spacial score (nSPS) is 31.0. The zero-order chi connectivity index (χ0) is 18.2. The number of ether oxygens (including phenoxy) is 2. The first-order valence-corrected chi connectivity index (χ1v) is 8.15. The van der Waals surface area contributed by atoms with Crippen molar-refractivity contribution in [3.63, 3.8) is 0 Å². The number of benzene rings is 1. The molecule has 0 radical (unpaired) electrons. The molecule has 3 rings (SSSR count). The fourth-order valence-electron chi connectivity index (χ4n) is 3.25. The van der Waals surface area contributed by atoms with E-state index in [1.165, 1.54) is 0 Å². The van der Waals surface area contributed by atoms with Gasteiger partial charge in [0.1, 0.15) is 11.9 Å². The van der Waals surface area contributed by atoms with Gasteiger partial charge in [-0.1, -0.05) is 0 Å². The summed E-state index contributed by atoms with van der Waals surface area (Å²) in [5.74, 6) is -1.30. The molecule has 0 atom stereocenters. The Labute approximate surface area is 143 Å². The molecular formula is C17H20F3NO4. The van der Waals surface area contributed by atoms with Crippen LogP contribution in [0, 0.1) is 11.7 Å². The van der Waals surface area contributed by atoms with E-state index in [4.69, 9.17) is 4.74 Å². The lowest BCUT2D eigenvalue weighted by Crippen LogP contribution is -2.56. The van der Waals surface area contributed by atoms with Crippen molar-refractivity contribution in [3.05, 3.63) is 24.0 Å². The molecule has 1 amide bonds. The predicted molar refractivity (Wildman–Crippen MR) is 82.0 cm³/mol. The molecule has 2 aliphatic carbocycles. The van der Waals surface area contributed by atoms with E-state index in [1.54, 1.807) is 6.92 Å². The van der Waals surface area contributed by atoms with Crippen LogP contribution in [0.25, 0.3) is 0 Å². The standard InChI is InChI=1S/C17H20F3NO4/c1-17(23)7-11(8-17)21-15(22)9-4-12(5-9)24-14-6-10(18)2-3-13(14)25-16(19)20/h2-3,6,9,11-12,16,23H,4-5,7-8H2,1H3,(H,21,22)/t9-,11?,12-,17?. The summed E-state index contributed by atoms with van der Waals surface area (Å²) in [6, 6.07) is 3.07. The molecule has 0 spiro atoms. The zero-order valence-electron chi connectivity index (χ0n) is 13.7. The lowest BCUT2D eigenvalue weighted by Gasteiger charge is -2.43. The Morgan fingerprint density at radius 2 is 2.00 bits per heavy atom. The third-order valence-electron chi connectivity index (χ3n) is 4.60. The molecule has 1 aromatic rings. The summed E-state index contributed by atoms with van der Waals surface area (Å²) < 4.78 is 47.9. The van der Waals surface area contributed by atoms with Gasteiger partial charge in [-0.2, -0.15) is 8.78 Å². The van der Waals surface area contributed by atoms with Gasteiger partial charge in [-0.3, -0.25) is 4.79 Å². The van der Waals surface area contributed by atoms with Crippen molar-refractivity contribution in [2.45, 2.75) is 57.0 Å². The van der Waals surface area contributed by atoms with Gasteiger partial charge in [0, 0.05) is 18.0 Å². The molecule has 0 aliphatic heterocycles. The van der Waals surface area contributed by atoms with Crippen molar-refractivity contribution in [2.75, 3.05) is 0 Å². The third-order valence-corrected chi connectivity index (χ3v) is 4.60. The molecule has 138 valence electrons. The second kappa shape index (κ2) is 6.74. The van der Waals surface area contributed by atoms with Crippen LogP contribution in [0.5, 0.6) is 11.5 Å². The van der Waals surface area contributed by atoms with Crippen LogP contribution in [0.1, 0.15) is 32.6 Å². The van der Waals surface area contributed by atoms with Crippen molar-refractivity contribution in [1.82, 2.24) is 5.32 Å². The number of hydrogen-bond acceptors (Lipinski definition) is 4. The van der Waals surface area contributed by atoms with Gasteiger partial charge >= 0.3 is 6.61 Å². The van der Waals surface area contributed by atoms with Crippen molar-refractivity contribution in [1.29, 1.82) is 0 Å². The van der Waals surface area contributed by atoms with Gasteiger partial charge in [-0.15, -0.1) is 0 Å². The largest absolute Gasteiger partial charge is 0.486 e. The van der Waals surface area contributed by atoms with Crippen molar-refractivity contribution < 1.29 is 32.5 Å². The second-order valence-electron chi connectivity index (χ2n) is 6.99. The maximum atomic E-state index is 13.3. The van der Waals surface area contributed by atoms with Crippen LogP contribution in [0.3, 0.4) is 0 Å². The fourth-order valence-corrected chi connectivity index (χ4v) is 3.25. The van der Waals surface area contributed by atoms with Crippen molar-refractivity contribution >= 4 is 5.91 Å². The van der Waals surface area contributed by atoms with Gasteiger partial charge in [0.05, 0.1) is 5.60 Å². The molecule has 2 fully saturated rings. The van der Waals surface area contributed by atoms with E-state index in [0.717, 1.165) is 18.2 Å². The zero-order valence-corrected chi connectivity index (χ0v) is 13.7. The van der Waals surface area contributed by atoms with Crippen LogP contribution < -0.4 is 14.8 Å². The Balaban J connectivity index is 1.49. The van der Waals surface area contributed by atoms with Crippen LogP contribution in [0.2, 0.25) is 0 Å². The van der Waals surface area contributed by atoms with E-state index >= 15 is 0 Å². The van der Waals surface area contributed by atoms with Crippen LogP contribution >= 0.6 is 0 Å². The minimum atomic E-state index is -3.03. The van der Waals surface area contributed by atoms with Crippen LogP contribution in [0.4, 0.5) is 13.2 Å². The molecule has 2 N–H and O–H groups in total. The average molecular weight is 359 g/mol. The minimum absolute atomic E-state index is 0.0169. The predicted octanol–water partition coefficient (Wildman–Crippen LogP) is 2.61. The summed E-state index contributed by atoms with van der Waals surface area (Å²) in [6.45, 7) is -1.31. The second-order valence-corrected chi connectivity index (χ2v) is 6.99. The maximum absolute atomic E-state index is 13.3. The van der Waals surface area contributed by atoms with E-state index in [1.807, 2.05) is 0 Å². The minimum Gasteiger partial charge on any atom is -0.486 e. The maximum Gasteiger partial charge on any atom is 0.387 e. The number of aliphatic hydroxyl groups is 1. The van der Waals surface area contributed by atoms with Crippen LogP contribution in [-0.4, -0.2) is 35.4 Å². The number of halogens is 3. The van der Waals surface area contributed by atoms with Crippen molar-refractivity contribution in [2.24, 2.45) is 5.92 Å². The molecule has 25 heavy (non-hydrogen) atoms. The molecule has 5 nitrogen and oxygen atoms in total. The molecule has 1 aromatic carbocycles. The van der Waals surface area contributed by atoms with Gasteiger partial charge < -0.3 is 19.9 Å². The Kier molecular flexibility index (Phi) is 4.81. The molecular weight excluding hydrogens is 339 g/mol. The van der Waals surface area contributed by atoms with E-state index in [-0.39, 0.29) is 35.5 Å². The number of hydrogen-bond donors (Lipinski definition) is 2. The Morgan fingerprint density at radius 1 is 1.32 bits per heavy atom. The van der Waals surface area contributed by atoms with Crippen LogP contribution in [0.15, 0.2) is 18.2 Å². The lowest BCUT2D eigenvalue weighted by molar-refractivity contribution is -0.134. The van der Waals surface area contributed by atoms with E-state index in [9.17, 15) is 23.1 Å². The number of nitrogens with one attached hydrogen (secondary N) is 1. The van der Waals surface area contributed by atoms with E-state index < -0.39 is 18.0 Å². The third kappa shape index (κ3) is 4.36. The molecule has 2 aliphatic rings. The van der Waals surface area contributed by atoms with Crippen LogP contribution in [-0.2, 0) is 4.79 Å². The quantitative estimate of drug-likeness (QED) is 0.819. The molecule has 0 saturated heterocycles. The summed E-state index contributed by atoms with van der Waals surface area (Å²) in [6.07, 6.45) is 1.53. The number of alkyl halides is 2. The summed E-state index contributed by atoms with van der Waals surface area (Å²) >= 11 is 0.